The number of thiophene rings is 1. The van der Waals surface area contributed by atoms with Crippen molar-refractivity contribution in [2.75, 3.05) is 12.0 Å². The topological polar surface area (TPSA) is 29.1 Å². The third-order valence-corrected chi connectivity index (χ3v) is 3.58. The number of thioether (sulfide) groups is 1. The summed E-state index contributed by atoms with van der Waals surface area (Å²) in [5.41, 5.74) is 1.26. The molecule has 0 aliphatic carbocycles. The van der Waals surface area contributed by atoms with Gasteiger partial charge in [-0.15, -0.1) is 11.3 Å². The van der Waals surface area contributed by atoms with E-state index in [0.29, 0.717) is 13.0 Å². The van der Waals surface area contributed by atoms with E-state index in [2.05, 4.69) is 23.7 Å². The van der Waals surface area contributed by atoms with Gasteiger partial charge in [0.15, 0.2) is 0 Å². The highest BCUT2D eigenvalue weighted by Crippen LogP contribution is 2.14. The average molecular weight is 229 g/mol. The highest BCUT2D eigenvalue weighted by Gasteiger charge is 2.03. The van der Waals surface area contributed by atoms with Crippen molar-refractivity contribution in [1.82, 2.24) is 5.32 Å². The van der Waals surface area contributed by atoms with Crippen LogP contribution < -0.4 is 5.32 Å². The monoisotopic (exact) mass is 229 g/mol. The maximum absolute atomic E-state index is 11.3. The first-order valence-electron chi connectivity index (χ1n) is 4.52. The summed E-state index contributed by atoms with van der Waals surface area (Å²) in [5, 5.41) is 4.97. The van der Waals surface area contributed by atoms with Gasteiger partial charge >= 0.3 is 0 Å². The molecule has 4 heteroatoms. The number of rotatable bonds is 5. The van der Waals surface area contributed by atoms with Crippen LogP contribution in [0.4, 0.5) is 0 Å². The smallest absolute Gasteiger partial charge is 0.221 e. The Morgan fingerprint density at radius 3 is 3.00 bits per heavy atom. The van der Waals surface area contributed by atoms with Crippen LogP contribution in [0.25, 0.3) is 0 Å². The molecule has 1 rings (SSSR count). The second-order valence-electron chi connectivity index (χ2n) is 3.05. The van der Waals surface area contributed by atoms with Gasteiger partial charge in [0.05, 0.1) is 6.54 Å². The van der Waals surface area contributed by atoms with E-state index in [0.717, 1.165) is 5.75 Å². The summed E-state index contributed by atoms with van der Waals surface area (Å²) in [6, 6.07) is 2.08. The van der Waals surface area contributed by atoms with Crippen molar-refractivity contribution >= 4 is 29.0 Å². The molecule has 0 spiro atoms. The Hall–Kier alpha value is -0.480. The normalized spacial score (nSPS) is 10.1. The van der Waals surface area contributed by atoms with Gasteiger partial charge in [-0.3, -0.25) is 4.79 Å². The van der Waals surface area contributed by atoms with Crippen molar-refractivity contribution < 1.29 is 4.79 Å². The number of amides is 1. The van der Waals surface area contributed by atoms with Crippen LogP contribution in [-0.4, -0.2) is 17.9 Å². The van der Waals surface area contributed by atoms with E-state index in [1.165, 1.54) is 10.4 Å². The highest BCUT2D eigenvalue weighted by molar-refractivity contribution is 7.98. The Balaban J connectivity index is 2.27. The van der Waals surface area contributed by atoms with Crippen LogP contribution in [-0.2, 0) is 11.3 Å². The van der Waals surface area contributed by atoms with Crippen molar-refractivity contribution in [2.24, 2.45) is 0 Å². The number of aryl methyl sites for hydroxylation is 1. The lowest BCUT2D eigenvalue weighted by Crippen LogP contribution is -2.22. The second-order valence-corrected chi connectivity index (χ2v) is 5.03. The SMILES string of the molecule is CSCCC(=O)NCc1sccc1C. The van der Waals surface area contributed by atoms with Crippen molar-refractivity contribution in [3.05, 3.63) is 21.9 Å². The average Bonchev–Trinajstić information content (AvgIpc) is 2.58. The molecule has 0 aliphatic rings. The number of hydrogen-bond donors (Lipinski definition) is 1. The molecule has 0 atom stereocenters. The minimum Gasteiger partial charge on any atom is -0.351 e. The molecule has 0 aromatic carbocycles. The molecule has 0 aliphatic heterocycles. The van der Waals surface area contributed by atoms with Gasteiger partial charge in [-0.25, -0.2) is 0 Å². The molecule has 1 N–H and O–H groups in total. The first kappa shape index (κ1) is 11.6. The van der Waals surface area contributed by atoms with Gasteiger partial charge in [0, 0.05) is 17.1 Å². The largest absolute Gasteiger partial charge is 0.351 e. The van der Waals surface area contributed by atoms with Crippen LogP contribution in [0.3, 0.4) is 0 Å². The Bertz CT molecular complexity index is 296. The second kappa shape index (κ2) is 6.09. The summed E-state index contributed by atoms with van der Waals surface area (Å²) in [5.74, 6) is 1.04. The first-order chi connectivity index (χ1) is 6.74. The number of carbonyl (C=O) groups is 1. The number of hydrogen-bond acceptors (Lipinski definition) is 3. The number of carbonyl (C=O) groups excluding carboxylic acids is 1. The third kappa shape index (κ3) is 3.72. The molecule has 1 aromatic rings. The Kier molecular flexibility index (Phi) is 5.04. The van der Waals surface area contributed by atoms with Gasteiger partial charge in [-0.05, 0) is 30.2 Å². The minimum absolute atomic E-state index is 0.146. The van der Waals surface area contributed by atoms with Gasteiger partial charge in [-0.1, -0.05) is 0 Å². The van der Waals surface area contributed by atoms with Gasteiger partial charge in [-0.2, -0.15) is 11.8 Å². The van der Waals surface area contributed by atoms with Crippen LogP contribution in [0.2, 0.25) is 0 Å². The summed E-state index contributed by atoms with van der Waals surface area (Å²) in [4.78, 5) is 12.5. The molecule has 1 amide bonds. The Morgan fingerprint density at radius 1 is 1.64 bits per heavy atom. The van der Waals surface area contributed by atoms with Crippen LogP contribution in [0.5, 0.6) is 0 Å². The molecule has 0 unspecified atom stereocenters. The predicted octanol–water partition coefficient (Wildman–Crippen LogP) is 2.43. The molecule has 1 aromatic heterocycles. The standard InChI is InChI=1S/C10H15NOS2/c1-8-3-6-14-9(8)7-11-10(12)4-5-13-2/h3,6H,4-5,7H2,1-2H3,(H,11,12). The first-order valence-corrected chi connectivity index (χ1v) is 6.80. The quantitative estimate of drug-likeness (QED) is 0.840. The molecule has 1 heterocycles. The van der Waals surface area contributed by atoms with E-state index in [4.69, 9.17) is 0 Å². The molecule has 0 radical (unpaired) electrons. The summed E-state index contributed by atoms with van der Waals surface area (Å²) >= 11 is 3.39. The van der Waals surface area contributed by atoms with E-state index in [-0.39, 0.29) is 5.91 Å². The summed E-state index contributed by atoms with van der Waals surface area (Å²) in [6.07, 6.45) is 2.63. The lowest BCUT2D eigenvalue weighted by molar-refractivity contribution is -0.120. The van der Waals surface area contributed by atoms with Crippen LogP contribution in [0.15, 0.2) is 11.4 Å². The molecule has 0 bridgehead atoms. The number of nitrogens with one attached hydrogen (secondary N) is 1. The molecule has 2 nitrogen and oxygen atoms in total. The van der Waals surface area contributed by atoms with Crippen LogP contribution in [0.1, 0.15) is 16.9 Å². The summed E-state index contributed by atoms with van der Waals surface area (Å²) in [7, 11) is 0. The van der Waals surface area contributed by atoms with Gasteiger partial charge in [0.1, 0.15) is 0 Å². The van der Waals surface area contributed by atoms with Crippen molar-refractivity contribution in [1.29, 1.82) is 0 Å². The van der Waals surface area contributed by atoms with Crippen molar-refractivity contribution in [3.63, 3.8) is 0 Å². The fourth-order valence-electron chi connectivity index (χ4n) is 1.05. The van der Waals surface area contributed by atoms with E-state index >= 15 is 0 Å². The van der Waals surface area contributed by atoms with E-state index in [9.17, 15) is 4.79 Å². The summed E-state index contributed by atoms with van der Waals surface area (Å²) < 4.78 is 0. The van der Waals surface area contributed by atoms with Crippen molar-refractivity contribution in [3.8, 4) is 0 Å². The van der Waals surface area contributed by atoms with E-state index < -0.39 is 0 Å². The third-order valence-electron chi connectivity index (χ3n) is 1.95. The lowest BCUT2D eigenvalue weighted by atomic mass is 10.3. The fourth-order valence-corrected chi connectivity index (χ4v) is 2.28. The zero-order valence-electron chi connectivity index (χ0n) is 8.50. The Morgan fingerprint density at radius 2 is 2.43 bits per heavy atom. The maximum Gasteiger partial charge on any atom is 0.221 e. The minimum atomic E-state index is 0.146. The summed E-state index contributed by atoms with van der Waals surface area (Å²) in [6.45, 7) is 2.75. The molecular weight excluding hydrogens is 214 g/mol. The molecule has 0 fully saturated rings. The maximum atomic E-state index is 11.3. The zero-order valence-corrected chi connectivity index (χ0v) is 10.1. The fraction of sp³-hybridized carbons (Fsp3) is 0.500. The van der Waals surface area contributed by atoms with Crippen molar-refractivity contribution in [2.45, 2.75) is 19.9 Å². The highest BCUT2D eigenvalue weighted by atomic mass is 32.2. The molecular formula is C10H15NOS2. The Labute approximate surface area is 93.1 Å². The van der Waals surface area contributed by atoms with Crippen LogP contribution in [0, 0.1) is 6.92 Å². The zero-order chi connectivity index (χ0) is 10.4. The molecule has 14 heavy (non-hydrogen) atoms. The predicted molar refractivity (Wildman–Crippen MR) is 63.9 cm³/mol. The molecule has 0 saturated heterocycles. The van der Waals surface area contributed by atoms with Gasteiger partial charge in [0.2, 0.25) is 5.91 Å². The van der Waals surface area contributed by atoms with Gasteiger partial charge < -0.3 is 5.32 Å². The molecule has 78 valence electrons. The van der Waals surface area contributed by atoms with E-state index in [1.807, 2.05) is 6.26 Å². The van der Waals surface area contributed by atoms with Gasteiger partial charge in [0.25, 0.3) is 0 Å². The van der Waals surface area contributed by atoms with E-state index in [1.54, 1.807) is 23.1 Å². The molecule has 0 saturated carbocycles. The van der Waals surface area contributed by atoms with Crippen LogP contribution >= 0.6 is 23.1 Å². The lowest BCUT2D eigenvalue weighted by Gasteiger charge is -2.03.